The van der Waals surface area contributed by atoms with Gasteiger partial charge in [-0.15, -0.1) is 0 Å². The van der Waals surface area contributed by atoms with Crippen LogP contribution in [0.15, 0.2) is 24.3 Å². The van der Waals surface area contributed by atoms with E-state index in [1.165, 1.54) is 3.57 Å². The van der Waals surface area contributed by atoms with Gasteiger partial charge in [0.25, 0.3) is 0 Å². The Kier molecular flexibility index (Phi) is 7.78. The fourth-order valence-electron chi connectivity index (χ4n) is 1.24. The Labute approximate surface area is 150 Å². The van der Waals surface area contributed by atoms with E-state index in [0.29, 0.717) is 12.6 Å². The van der Waals surface area contributed by atoms with Crippen LogP contribution in [0.25, 0.3) is 0 Å². The maximum Gasteiger partial charge on any atom is 0.146 e. The first-order valence-electron chi connectivity index (χ1n) is 5.57. The molecule has 0 aromatic heterocycles. The van der Waals surface area contributed by atoms with Gasteiger partial charge in [0, 0.05) is 16.2 Å². The molecule has 1 rings (SSSR count). The van der Waals surface area contributed by atoms with Gasteiger partial charge in [0.15, 0.2) is 0 Å². The largest absolute Gasteiger partial charge is 0.487 e. The van der Waals surface area contributed by atoms with E-state index in [0.717, 1.165) is 25.0 Å². The quantitative estimate of drug-likeness (QED) is 0.396. The highest BCUT2D eigenvalue weighted by Crippen LogP contribution is 2.29. The molecule has 0 aliphatic rings. The highest BCUT2D eigenvalue weighted by atomic mass is 127. The lowest BCUT2D eigenvalue weighted by molar-refractivity contribution is 0.342. The van der Waals surface area contributed by atoms with Crippen LogP contribution >= 0.6 is 67.8 Å². The molecule has 0 bridgehead atoms. The molecule has 18 heavy (non-hydrogen) atoms. The predicted octanol–water partition coefficient (Wildman–Crippen LogP) is 4.43. The summed E-state index contributed by atoms with van der Waals surface area (Å²) in [5, 5.41) is 3.34. The van der Waals surface area contributed by atoms with E-state index in [4.69, 9.17) is 4.74 Å². The molecule has 100 valence electrons. The van der Waals surface area contributed by atoms with E-state index in [1.807, 2.05) is 0 Å². The van der Waals surface area contributed by atoms with Gasteiger partial charge in [-0.2, -0.15) is 0 Å². The maximum absolute atomic E-state index is 5.86. The number of ether oxygens (including phenoxy) is 1. The van der Waals surface area contributed by atoms with E-state index < -0.39 is 0 Å². The van der Waals surface area contributed by atoms with Crippen molar-refractivity contribution in [2.45, 2.75) is 19.9 Å². The first-order valence-corrected chi connectivity index (χ1v) is 8.81. The number of rotatable bonds is 6. The maximum atomic E-state index is 5.86. The second kappa shape index (κ2) is 8.25. The van der Waals surface area contributed by atoms with E-state index in [-0.39, 0.29) is 0 Å². The summed E-state index contributed by atoms with van der Waals surface area (Å²) in [5.74, 6) is 0.960. The molecule has 0 spiro atoms. The summed E-state index contributed by atoms with van der Waals surface area (Å²) in [6.45, 7) is 9.64. The number of halogens is 3. The minimum Gasteiger partial charge on any atom is -0.487 e. The fraction of sp³-hybridized carbons (Fsp3) is 0.385. The van der Waals surface area contributed by atoms with Gasteiger partial charge < -0.3 is 10.1 Å². The van der Waals surface area contributed by atoms with E-state index in [9.17, 15) is 0 Å². The Morgan fingerprint density at radius 1 is 1.28 bits per heavy atom. The Morgan fingerprint density at radius 3 is 2.33 bits per heavy atom. The highest BCUT2D eigenvalue weighted by molar-refractivity contribution is 14.1. The molecule has 0 fully saturated rings. The summed E-state index contributed by atoms with van der Waals surface area (Å²) in [6.07, 6.45) is 0. The predicted molar refractivity (Wildman–Crippen MR) is 102 cm³/mol. The molecule has 0 saturated carbocycles. The molecule has 1 aromatic rings. The third kappa shape index (κ3) is 5.91. The minimum atomic E-state index is 0.473. The van der Waals surface area contributed by atoms with Crippen molar-refractivity contribution in [2.24, 2.45) is 0 Å². The Hall–Kier alpha value is 0.910. The minimum absolute atomic E-state index is 0.473. The van der Waals surface area contributed by atoms with Crippen LogP contribution in [0.4, 0.5) is 0 Å². The van der Waals surface area contributed by atoms with E-state index in [1.54, 1.807) is 0 Å². The lowest BCUT2D eigenvalue weighted by Crippen LogP contribution is -2.26. The van der Waals surface area contributed by atoms with Crippen molar-refractivity contribution >= 4 is 67.8 Å². The monoisotopic (exact) mass is 583 g/mol. The van der Waals surface area contributed by atoms with Crippen LogP contribution in [0.1, 0.15) is 13.8 Å². The van der Waals surface area contributed by atoms with Gasteiger partial charge in [-0.1, -0.05) is 20.4 Å². The number of hydrogen-bond donors (Lipinski definition) is 1. The topological polar surface area (TPSA) is 21.3 Å². The zero-order valence-electron chi connectivity index (χ0n) is 10.4. The van der Waals surface area contributed by atoms with Crippen molar-refractivity contribution in [1.29, 1.82) is 0 Å². The summed E-state index contributed by atoms with van der Waals surface area (Å²) in [6, 6.07) is 4.71. The van der Waals surface area contributed by atoms with Crippen LogP contribution in [0.3, 0.4) is 0 Å². The molecule has 0 atom stereocenters. The number of benzene rings is 1. The van der Waals surface area contributed by atoms with Crippen molar-refractivity contribution < 1.29 is 4.74 Å². The van der Waals surface area contributed by atoms with Crippen LogP contribution in [-0.2, 0) is 0 Å². The molecular weight excluding hydrogens is 567 g/mol. The molecule has 2 nitrogen and oxygen atoms in total. The van der Waals surface area contributed by atoms with Crippen molar-refractivity contribution in [1.82, 2.24) is 5.32 Å². The molecule has 0 heterocycles. The van der Waals surface area contributed by atoms with Crippen molar-refractivity contribution in [2.75, 3.05) is 13.2 Å². The van der Waals surface area contributed by atoms with Crippen LogP contribution in [0, 0.1) is 10.7 Å². The van der Waals surface area contributed by atoms with Crippen LogP contribution in [0.5, 0.6) is 5.75 Å². The van der Waals surface area contributed by atoms with Gasteiger partial charge >= 0.3 is 0 Å². The zero-order chi connectivity index (χ0) is 13.7. The molecule has 0 aliphatic heterocycles. The molecule has 1 N–H and O–H groups in total. The Balaban J connectivity index is 2.56. The Bertz CT molecular complexity index is 409. The molecule has 0 amide bonds. The zero-order valence-corrected chi connectivity index (χ0v) is 16.9. The molecule has 0 radical (unpaired) electrons. The number of nitrogens with one attached hydrogen (secondary N) is 1. The molecule has 1 aromatic carbocycles. The summed E-state index contributed by atoms with van der Waals surface area (Å²) in [7, 11) is 0. The van der Waals surface area contributed by atoms with Gasteiger partial charge in [-0.05, 0) is 85.5 Å². The molecule has 0 unspecified atom stereocenters. The van der Waals surface area contributed by atoms with Crippen LogP contribution in [0.2, 0.25) is 0 Å². The van der Waals surface area contributed by atoms with Crippen molar-refractivity contribution in [3.8, 4) is 5.75 Å². The normalized spacial score (nSPS) is 10.8. The second-order valence-corrected chi connectivity index (χ2v) is 7.84. The van der Waals surface area contributed by atoms with Crippen molar-refractivity contribution in [3.05, 3.63) is 35.0 Å². The van der Waals surface area contributed by atoms with Crippen LogP contribution in [-0.4, -0.2) is 19.2 Å². The van der Waals surface area contributed by atoms with Gasteiger partial charge in [-0.25, -0.2) is 0 Å². The van der Waals surface area contributed by atoms with Crippen LogP contribution < -0.4 is 10.1 Å². The van der Waals surface area contributed by atoms with E-state index >= 15 is 0 Å². The van der Waals surface area contributed by atoms with Crippen molar-refractivity contribution in [3.63, 3.8) is 0 Å². The molecule has 0 aliphatic carbocycles. The second-order valence-electron chi connectivity index (χ2n) is 4.27. The van der Waals surface area contributed by atoms with E-state index in [2.05, 4.69) is 106 Å². The summed E-state index contributed by atoms with van der Waals surface area (Å²) >= 11 is 6.94. The van der Waals surface area contributed by atoms with Gasteiger partial charge in [0.05, 0.1) is 7.14 Å². The van der Waals surface area contributed by atoms with Gasteiger partial charge in [0.1, 0.15) is 12.4 Å². The smallest absolute Gasteiger partial charge is 0.146 e. The lowest BCUT2D eigenvalue weighted by atomic mass is 10.3. The molecule has 0 saturated heterocycles. The third-order valence-corrected chi connectivity index (χ3v) is 4.37. The number of hydrogen-bond acceptors (Lipinski definition) is 2. The molecule has 5 heteroatoms. The molecular formula is C13H16I3NO. The Morgan fingerprint density at radius 2 is 1.83 bits per heavy atom. The highest BCUT2D eigenvalue weighted by Gasteiger charge is 2.08. The summed E-state index contributed by atoms with van der Waals surface area (Å²) in [4.78, 5) is 0. The SMILES string of the molecule is C=C(CNC(C)C)COc1c(I)cc(I)cc1I. The summed E-state index contributed by atoms with van der Waals surface area (Å²) in [5.41, 5.74) is 1.06. The first-order chi connectivity index (χ1) is 8.40. The summed E-state index contributed by atoms with van der Waals surface area (Å²) < 4.78 is 9.38. The standard InChI is InChI=1S/C13H16I3NO/c1-8(2)17-6-9(3)7-18-13-11(15)4-10(14)5-12(13)16/h4-5,8,17H,3,6-7H2,1-2H3. The first kappa shape index (κ1) is 17.0. The lowest BCUT2D eigenvalue weighted by Gasteiger charge is -2.14. The average Bonchev–Trinajstić information content (AvgIpc) is 2.24. The fourth-order valence-corrected chi connectivity index (χ4v) is 5.13. The third-order valence-electron chi connectivity index (χ3n) is 2.14. The van der Waals surface area contributed by atoms with Gasteiger partial charge in [-0.3, -0.25) is 0 Å². The van der Waals surface area contributed by atoms with Gasteiger partial charge in [0.2, 0.25) is 0 Å². The average molecular weight is 583 g/mol.